The number of hydrogen-bond donors (Lipinski definition) is 1. The second-order valence-electron chi connectivity index (χ2n) is 3.53. The molecule has 0 radical (unpaired) electrons. The highest BCUT2D eigenvalue weighted by Crippen LogP contribution is 2.38. The molecule has 10 heteroatoms. The van der Waals surface area contributed by atoms with Crippen LogP contribution in [0.15, 0.2) is 18.2 Å². The van der Waals surface area contributed by atoms with E-state index < -0.39 is 11.7 Å². The molecule has 0 aliphatic heterocycles. The fourth-order valence-electron chi connectivity index (χ4n) is 1.36. The Kier molecular flexibility index (Phi) is 4.22. The van der Waals surface area contributed by atoms with Crippen LogP contribution in [-0.4, -0.2) is 15.2 Å². The van der Waals surface area contributed by atoms with Gasteiger partial charge in [-0.05, 0) is 29.8 Å². The average molecular weight is 344 g/mol. The highest BCUT2D eigenvalue weighted by Gasteiger charge is 2.34. The van der Waals surface area contributed by atoms with Crippen LogP contribution in [0.1, 0.15) is 5.56 Å². The van der Waals surface area contributed by atoms with Gasteiger partial charge < -0.3 is 5.32 Å². The molecule has 0 fully saturated rings. The van der Waals surface area contributed by atoms with E-state index in [1.54, 1.807) is 0 Å². The Balaban J connectivity index is 2.46. The van der Waals surface area contributed by atoms with E-state index in [1.807, 2.05) is 0 Å². The number of aromatic nitrogens is 3. The van der Waals surface area contributed by atoms with Gasteiger partial charge >= 0.3 is 6.18 Å². The van der Waals surface area contributed by atoms with Crippen molar-refractivity contribution in [3.8, 4) is 0 Å². The number of hydrogen-bond acceptors (Lipinski definition) is 4. The predicted octanol–water partition coefficient (Wildman–Crippen LogP) is 4.59. The van der Waals surface area contributed by atoms with E-state index in [0.29, 0.717) is 0 Å². The van der Waals surface area contributed by atoms with E-state index in [2.05, 4.69) is 20.5 Å². The molecule has 0 bridgehead atoms. The van der Waals surface area contributed by atoms with Crippen molar-refractivity contribution in [3.63, 3.8) is 0 Å². The largest absolute Gasteiger partial charge is 0.418 e. The van der Waals surface area contributed by atoms with E-state index >= 15 is 0 Å². The maximum Gasteiger partial charge on any atom is 0.418 e. The molecule has 2 aromatic rings. The van der Waals surface area contributed by atoms with Crippen molar-refractivity contribution in [3.05, 3.63) is 39.2 Å². The van der Waals surface area contributed by atoms with Crippen LogP contribution in [0.25, 0.3) is 0 Å². The van der Waals surface area contributed by atoms with Crippen molar-refractivity contribution >= 4 is 46.3 Å². The Bertz CT molecular complexity index is 648. The molecule has 1 aromatic heterocycles. The Hall–Kier alpha value is -1.31. The summed E-state index contributed by atoms with van der Waals surface area (Å²) >= 11 is 16.8. The summed E-state index contributed by atoms with van der Waals surface area (Å²) in [6.45, 7) is 0. The summed E-state index contributed by atoms with van der Waals surface area (Å²) in [4.78, 5) is 3.66. The highest BCUT2D eigenvalue weighted by atomic mass is 35.5. The van der Waals surface area contributed by atoms with Gasteiger partial charge in [0.25, 0.3) is 0 Å². The van der Waals surface area contributed by atoms with Crippen LogP contribution >= 0.6 is 34.8 Å². The first-order valence-corrected chi connectivity index (χ1v) is 6.10. The molecule has 2 rings (SSSR count). The van der Waals surface area contributed by atoms with Crippen molar-refractivity contribution in [1.82, 2.24) is 15.2 Å². The molecule has 0 unspecified atom stereocenters. The molecule has 0 saturated carbocycles. The van der Waals surface area contributed by atoms with Gasteiger partial charge in [0.1, 0.15) is 0 Å². The lowest BCUT2D eigenvalue weighted by Gasteiger charge is -2.14. The minimum Gasteiger partial charge on any atom is -0.337 e. The van der Waals surface area contributed by atoms with Gasteiger partial charge in [-0.2, -0.15) is 18.2 Å². The normalized spacial score (nSPS) is 11.5. The van der Waals surface area contributed by atoms with E-state index in [-0.39, 0.29) is 27.0 Å². The fourth-order valence-corrected chi connectivity index (χ4v) is 1.78. The molecule has 0 atom stereocenters. The third-order valence-corrected chi connectivity index (χ3v) is 2.81. The van der Waals surface area contributed by atoms with E-state index in [0.717, 1.165) is 12.1 Å². The van der Waals surface area contributed by atoms with Crippen LogP contribution in [-0.2, 0) is 6.18 Å². The maximum atomic E-state index is 12.9. The number of alkyl halides is 3. The number of halogens is 6. The molecule has 0 saturated heterocycles. The molecule has 20 heavy (non-hydrogen) atoms. The fraction of sp³-hybridized carbons (Fsp3) is 0.100. The van der Waals surface area contributed by atoms with Crippen LogP contribution in [0, 0.1) is 0 Å². The van der Waals surface area contributed by atoms with Gasteiger partial charge in [-0.3, -0.25) is 0 Å². The number of rotatable bonds is 2. The van der Waals surface area contributed by atoms with Gasteiger partial charge in [-0.1, -0.05) is 23.2 Å². The third-order valence-electron chi connectivity index (χ3n) is 2.16. The van der Waals surface area contributed by atoms with Crippen molar-refractivity contribution in [2.75, 3.05) is 5.32 Å². The summed E-state index contributed by atoms with van der Waals surface area (Å²) in [7, 11) is 0. The summed E-state index contributed by atoms with van der Waals surface area (Å²) in [6, 6.07) is 3.23. The second-order valence-corrected chi connectivity index (χ2v) is 4.67. The molecule has 1 heterocycles. The molecule has 0 amide bonds. The van der Waals surface area contributed by atoms with Gasteiger partial charge in [-0.25, -0.2) is 0 Å². The van der Waals surface area contributed by atoms with Gasteiger partial charge in [0.15, 0.2) is 11.0 Å². The average Bonchev–Trinajstić information content (AvgIpc) is 2.34. The molecule has 4 nitrogen and oxygen atoms in total. The Morgan fingerprint density at radius 1 is 1.05 bits per heavy atom. The second kappa shape index (κ2) is 5.59. The van der Waals surface area contributed by atoms with Gasteiger partial charge in [0, 0.05) is 5.02 Å². The van der Waals surface area contributed by atoms with E-state index in [1.165, 1.54) is 6.07 Å². The SMILES string of the molecule is FC(F)(F)c1cc(Cl)ccc1Nc1nc(Cl)nnc1Cl. The van der Waals surface area contributed by atoms with Crippen LogP contribution in [0.4, 0.5) is 24.7 Å². The van der Waals surface area contributed by atoms with Gasteiger partial charge in [0.2, 0.25) is 5.28 Å². The summed E-state index contributed by atoms with van der Waals surface area (Å²) in [5.41, 5.74) is -1.24. The van der Waals surface area contributed by atoms with E-state index in [4.69, 9.17) is 34.8 Å². The number of benzene rings is 1. The molecule has 0 spiro atoms. The highest BCUT2D eigenvalue weighted by molar-refractivity contribution is 6.32. The smallest absolute Gasteiger partial charge is 0.337 e. The third kappa shape index (κ3) is 3.41. The maximum absolute atomic E-state index is 12.9. The zero-order valence-electron chi connectivity index (χ0n) is 9.34. The summed E-state index contributed by atoms with van der Waals surface area (Å²) in [5, 5.41) is 8.69. The number of nitrogens with one attached hydrogen (secondary N) is 1. The lowest BCUT2D eigenvalue weighted by molar-refractivity contribution is -0.136. The standard InChI is InChI=1S/C10H4Cl3F3N4/c11-4-1-2-6(5(3-4)10(14,15)16)17-8-7(12)19-20-9(13)18-8/h1-3H,(H,17,18,20). The quantitative estimate of drug-likeness (QED) is 0.866. The van der Waals surface area contributed by atoms with Crippen molar-refractivity contribution < 1.29 is 13.2 Å². The molecule has 1 N–H and O–H groups in total. The first-order chi connectivity index (χ1) is 9.27. The molecule has 1 aromatic carbocycles. The molecular formula is C10H4Cl3F3N4. The van der Waals surface area contributed by atoms with Crippen LogP contribution < -0.4 is 5.32 Å². The summed E-state index contributed by atoms with van der Waals surface area (Å²) in [5.74, 6) is -0.139. The lowest BCUT2D eigenvalue weighted by atomic mass is 10.1. The Labute approximate surface area is 125 Å². The summed E-state index contributed by atoms with van der Waals surface area (Å²) < 4.78 is 38.7. The molecule has 106 valence electrons. The van der Waals surface area contributed by atoms with Gasteiger partial charge in [-0.15, -0.1) is 10.2 Å². The topological polar surface area (TPSA) is 50.7 Å². The van der Waals surface area contributed by atoms with Crippen LogP contribution in [0.2, 0.25) is 15.5 Å². The first kappa shape index (κ1) is 15.1. The zero-order valence-corrected chi connectivity index (χ0v) is 11.6. The Morgan fingerprint density at radius 3 is 2.40 bits per heavy atom. The number of anilines is 2. The Morgan fingerprint density at radius 2 is 1.75 bits per heavy atom. The van der Waals surface area contributed by atoms with Crippen molar-refractivity contribution in [2.24, 2.45) is 0 Å². The van der Waals surface area contributed by atoms with Gasteiger partial charge in [0.05, 0.1) is 11.3 Å². The molecular weight excluding hydrogens is 339 g/mol. The zero-order chi connectivity index (χ0) is 14.9. The molecule has 0 aliphatic rings. The van der Waals surface area contributed by atoms with E-state index in [9.17, 15) is 13.2 Å². The van der Waals surface area contributed by atoms with Crippen LogP contribution in [0.3, 0.4) is 0 Å². The summed E-state index contributed by atoms with van der Waals surface area (Å²) in [6.07, 6.45) is -4.59. The lowest BCUT2D eigenvalue weighted by Crippen LogP contribution is -2.10. The monoisotopic (exact) mass is 342 g/mol. The van der Waals surface area contributed by atoms with Crippen LogP contribution in [0.5, 0.6) is 0 Å². The minimum absolute atomic E-state index is 0.0483. The predicted molar refractivity (Wildman–Crippen MR) is 69.6 cm³/mol. The van der Waals surface area contributed by atoms with Crippen molar-refractivity contribution in [2.45, 2.75) is 6.18 Å². The minimum atomic E-state index is -4.59. The molecule has 0 aliphatic carbocycles. The van der Waals surface area contributed by atoms with Crippen molar-refractivity contribution in [1.29, 1.82) is 0 Å². The number of nitrogens with zero attached hydrogens (tertiary/aromatic N) is 3. The first-order valence-electron chi connectivity index (χ1n) is 4.97.